The molecule has 0 spiro atoms. The van der Waals surface area contributed by atoms with Gasteiger partial charge in [-0.1, -0.05) is 19.1 Å². The summed E-state index contributed by atoms with van der Waals surface area (Å²) in [5.41, 5.74) is 1.87. The number of carbonyl (C=O) groups is 3. The smallest absolute Gasteiger partial charge is 0.294 e. The van der Waals surface area contributed by atoms with E-state index >= 15 is 0 Å². The van der Waals surface area contributed by atoms with Crippen LogP contribution < -0.4 is 10.6 Å². The average molecular weight is 514 g/mol. The Morgan fingerprint density at radius 3 is 2.49 bits per heavy atom. The third kappa shape index (κ3) is 5.99. The molecular formula is C28H36FN3O5. The number of benzene rings is 1. The minimum atomic E-state index is -0.837. The fraction of sp³-hybridized carbons (Fsp3) is 0.464. The number of hydrogen-bond donors (Lipinski definition) is 4. The van der Waals surface area contributed by atoms with Crippen molar-refractivity contribution in [2.24, 2.45) is 5.92 Å². The van der Waals surface area contributed by atoms with Crippen molar-refractivity contribution in [1.82, 2.24) is 9.88 Å². The quantitative estimate of drug-likeness (QED) is 0.232. The Bertz CT molecular complexity index is 1230. The predicted molar refractivity (Wildman–Crippen MR) is 139 cm³/mol. The minimum absolute atomic E-state index is 0.0135. The number of hydrogen-bond acceptors (Lipinski definition) is 5. The molecule has 2 amide bonds. The predicted octanol–water partition coefficient (Wildman–Crippen LogP) is 3.59. The van der Waals surface area contributed by atoms with Gasteiger partial charge in [0.1, 0.15) is 5.82 Å². The van der Waals surface area contributed by atoms with E-state index in [0.29, 0.717) is 35.3 Å². The molecule has 1 aromatic carbocycles. The van der Waals surface area contributed by atoms with Crippen LogP contribution in [0.1, 0.15) is 70.3 Å². The topological polar surface area (TPSA) is 121 Å². The van der Waals surface area contributed by atoms with Gasteiger partial charge in [-0.25, -0.2) is 4.39 Å². The number of amides is 2. The van der Waals surface area contributed by atoms with E-state index in [0.717, 1.165) is 12.0 Å². The number of aromatic nitrogens is 1. The molecule has 0 radical (unpaired) electrons. The van der Waals surface area contributed by atoms with Crippen LogP contribution in [0.3, 0.4) is 0 Å². The standard InChI is InChI=1S/C28H36FN3O5/c1-16-12-17(2)15-28(14-16,8-10-33)31-27(37)25(35)24-19(4)23(20(5)32(24)9-11-34)26(36)30-21-6-7-22(29)18(3)13-21/h6-7,13,17,33-34H,1,8-12,14-15H2,2-5H3,(H,30,36)(H,31,37). The Morgan fingerprint density at radius 1 is 1.19 bits per heavy atom. The Labute approximate surface area is 216 Å². The first kappa shape index (κ1) is 28.3. The van der Waals surface area contributed by atoms with Crippen LogP contribution in [0.15, 0.2) is 30.4 Å². The lowest BCUT2D eigenvalue weighted by Gasteiger charge is -2.41. The van der Waals surface area contributed by atoms with Gasteiger partial charge in [0.25, 0.3) is 17.6 Å². The first-order chi connectivity index (χ1) is 17.4. The molecule has 37 heavy (non-hydrogen) atoms. The molecular weight excluding hydrogens is 477 g/mol. The van der Waals surface area contributed by atoms with Gasteiger partial charge in [-0.2, -0.15) is 0 Å². The van der Waals surface area contributed by atoms with E-state index in [1.165, 1.54) is 22.8 Å². The molecule has 8 nitrogen and oxygen atoms in total. The highest BCUT2D eigenvalue weighted by molar-refractivity contribution is 6.43. The first-order valence-electron chi connectivity index (χ1n) is 12.5. The van der Waals surface area contributed by atoms with E-state index in [1.807, 2.05) is 6.92 Å². The van der Waals surface area contributed by atoms with Crippen LogP contribution >= 0.6 is 0 Å². The van der Waals surface area contributed by atoms with Gasteiger partial charge >= 0.3 is 0 Å². The lowest BCUT2D eigenvalue weighted by atomic mass is 9.72. The molecule has 3 rings (SSSR count). The summed E-state index contributed by atoms with van der Waals surface area (Å²) in [4.78, 5) is 40.0. The maximum absolute atomic E-state index is 13.6. The minimum Gasteiger partial charge on any atom is -0.396 e. The molecule has 2 unspecified atom stereocenters. The monoisotopic (exact) mass is 513 g/mol. The molecule has 1 aliphatic carbocycles. The van der Waals surface area contributed by atoms with Gasteiger partial charge < -0.3 is 25.4 Å². The summed E-state index contributed by atoms with van der Waals surface area (Å²) < 4.78 is 15.1. The molecule has 1 heterocycles. The number of carbonyl (C=O) groups excluding carboxylic acids is 3. The van der Waals surface area contributed by atoms with Crippen molar-refractivity contribution in [3.63, 3.8) is 0 Å². The molecule has 0 aliphatic heterocycles. The number of anilines is 1. The highest BCUT2D eigenvalue weighted by Crippen LogP contribution is 2.37. The van der Waals surface area contributed by atoms with Crippen molar-refractivity contribution in [2.45, 2.75) is 65.5 Å². The van der Waals surface area contributed by atoms with Gasteiger partial charge in [0, 0.05) is 30.1 Å². The fourth-order valence-corrected chi connectivity index (χ4v) is 5.64. The Hall–Kier alpha value is -3.30. The van der Waals surface area contributed by atoms with Gasteiger partial charge in [-0.3, -0.25) is 14.4 Å². The Kier molecular flexibility index (Phi) is 8.71. The third-order valence-electron chi connectivity index (χ3n) is 7.09. The van der Waals surface area contributed by atoms with E-state index < -0.39 is 29.0 Å². The van der Waals surface area contributed by atoms with Gasteiger partial charge in [-0.15, -0.1) is 0 Å². The molecule has 1 saturated carbocycles. The molecule has 4 N–H and O–H groups in total. The number of aryl methyl sites for hydroxylation is 1. The molecule has 0 saturated heterocycles. The molecule has 0 bridgehead atoms. The molecule has 1 fully saturated rings. The Morgan fingerprint density at radius 2 is 1.89 bits per heavy atom. The number of aliphatic hydroxyl groups is 2. The van der Waals surface area contributed by atoms with Gasteiger partial charge in [0.2, 0.25) is 0 Å². The van der Waals surface area contributed by atoms with Crippen LogP contribution in [-0.2, 0) is 11.3 Å². The lowest BCUT2D eigenvalue weighted by molar-refractivity contribution is -0.119. The van der Waals surface area contributed by atoms with Crippen LogP contribution in [0.25, 0.3) is 0 Å². The van der Waals surface area contributed by atoms with Crippen LogP contribution in [0.2, 0.25) is 0 Å². The van der Waals surface area contributed by atoms with E-state index in [1.54, 1.807) is 20.8 Å². The number of rotatable bonds is 9. The lowest BCUT2D eigenvalue weighted by Crippen LogP contribution is -2.54. The molecule has 1 aliphatic rings. The summed E-state index contributed by atoms with van der Waals surface area (Å²) in [5.74, 6) is -2.34. The number of nitrogens with one attached hydrogen (secondary N) is 2. The maximum Gasteiger partial charge on any atom is 0.294 e. The second-order valence-corrected chi connectivity index (χ2v) is 10.2. The largest absolute Gasteiger partial charge is 0.396 e. The molecule has 2 aromatic rings. The zero-order valence-corrected chi connectivity index (χ0v) is 21.9. The number of halogens is 1. The van der Waals surface area contributed by atoms with Crippen LogP contribution in [-0.4, -0.2) is 51.1 Å². The van der Waals surface area contributed by atoms with Crippen molar-refractivity contribution in [1.29, 1.82) is 0 Å². The Balaban J connectivity index is 1.95. The van der Waals surface area contributed by atoms with Crippen LogP contribution in [0, 0.1) is 32.5 Å². The fourth-order valence-electron chi connectivity index (χ4n) is 5.64. The normalized spacial score (nSPS) is 19.5. The zero-order chi connectivity index (χ0) is 27.5. The SMILES string of the molecule is C=C1CC(C)CC(CCO)(NC(=O)C(=O)c2c(C)c(C(=O)Nc3ccc(F)c(C)c3)c(C)n2CCO)C1. The molecule has 2 atom stereocenters. The van der Waals surface area contributed by atoms with Crippen molar-refractivity contribution in [3.8, 4) is 0 Å². The van der Waals surface area contributed by atoms with Crippen molar-refractivity contribution in [2.75, 3.05) is 18.5 Å². The van der Waals surface area contributed by atoms with E-state index in [4.69, 9.17) is 0 Å². The van der Waals surface area contributed by atoms with Crippen molar-refractivity contribution in [3.05, 3.63) is 64.2 Å². The summed E-state index contributed by atoms with van der Waals surface area (Å²) in [6, 6.07) is 4.19. The summed E-state index contributed by atoms with van der Waals surface area (Å²) in [6.07, 6.45) is 2.18. The number of Topliss-reactive ketones (excluding diaryl/α,β-unsaturated/α-hetero) is 1. The highest BCUT2D eigenvalue weighted by Gasteiger charge is 2.40. The summed E-state index contributed by atoms with van der Waals surface area (Å²) >= 11 is 0. The molecule has 200 valence electrons. The maximum atomic E-state index is 13.6. The van der Waals surface area contributed by atoms with Crippen LogP contribution in [0.4, 0.5) is 10.1 Å². The number of nitrogens with zero attached hydrogens (tertiary/aromatic N) is 1. The van der Waals surface area contributed by atoms with Crippen LogP contribution in [0.5, 0.6) is 0 Å². The van der Waals surface area contributed by atoms with Crippen molar-refractivity contribution < 1.29 is 29.0 Å². The number of ketones is 1. The average Bonchev–Trinajstić information content (AvgIpc) is 3.04. The summed E-state index contributed by atoms with van der Waals surface area (Å²) in [5, 5.41) is 24.9. The van der Waals surface area contributed by atoms with E-state index in [9.17, 15) is 29.0 Å². The zero-order valence-electron chi connectivity index (χ0n) is 21.9. The summed E-state index contributed by atoms with van der Waals surface area (Å²) in [7, 11) is 0. The third-order valence-corrected chi connectivity index (χ3v) is 7.09. The van der Waals surface area contributed by atoms with Gasteiger partial charge in [0.15, 0.2) is 0 Å². The number of aliphatic hydroxyl groups excluding tert-OH is 2. The second-order valence-electron chi connectivity index (χ2n) is 10.2. The highest BCUT2D eigenvalue weighted by atomic mass is 19.1. The molecule has 9 heteroatoms. The summed E-state index contributed by atoms with van der Waals surface area (Å²) in [6.45, 7) is 10.5. The first-order valence-corrected chi connectivity index (χ1v) is 12.5. The second kappa shape index (κ2) is 11.4. The van der Waals surface area contributed by atoms with Gasteiger partial charge in [-0.05, 0) is 81.7 Å². The van der Waals surface area contributed by atoms with Crippen molar-refractivity contribution >= 4 is 23.3 Å². The molecule has 1 aromatic heterocycles. The van der Waals surface area contributed by atoms with E-state index in [2.05, 4.69) is 17.2 Å². The van der Waals surface area contributed by atoms with E-state index in [-0.39, 0.29) is 43.4 Å². The van der Waals surface area contributed by atoms with Gasteiger partial charge in [0.05, 0.1) is 17.9 Å².